The standard InChI is InChI=1S/C12H17FN2O5S/c1-8(2)5-9(7-16)14-21(19,20)12-6-10(15(17)18)3-4-11(12)13/h3-4,6,8-9,14,16H,5,7H2,1-2H3. The number of hydrogen-bond donors (Lipinski definition) is 2. The number of sulfonamides is 1. The smallest absolute Gasteiger partial charge is 0.270 e. The molecule has 0 saturated carbocycles. The molecule has 0 heterocycles. The van der Waals surface area contributed by atoms with Crippen molar-refractivity contribution in [2.75, 3.05) is 6.61 Å². The van der Waals surface area contributed by atoms with Gasteiger partial charge in [-0.2, -0.15) is 0 Å². The normalized spacial score (nSPS) is 13.4. The van der Waals surface area contributed by atoms with Crippen molar-refractivity contribution >= 4 is 15.7 Å². The Morgan fingerprint density at radius 1 is 1.43 bits per heavy atom. The number of nitro groups is 1. The molecule has 9 heteroatoms. The van der Waals surface area contributed by atoms with Gasteiger partial charge in [-0.3, -0.25) is 10.1 Å². The average molecular weight is 320 g/mol. The Balaban J connectivity index is 3.12. The van der Waals surface area contributed by atoms with E-state index >= 15 is 0 Å². The number of halogens is 1. The molecule has 0 saturated heterocycles. The molecular weight excluding hydrogens is 303 g/mol. The molecule has 21 heavy (non-hydrogen) atoms. The highest BCUT2D eigenvalue weighted by atomic mass is 32.2. The van der Waals surface area contributed by atoms with Crippen LogP contribution in [0.5, 0.6) is 0 Å². The Kier molecular flexibility index (Phi) is 5.76. The molecule has 0 aliphatic carbocycles. The van der Waals surface area contributed by atoms with E-state index in [2.05, 4.69) is 4.72 Å². The number of benzene rings is 1. The highest BCUT2D eigenvalue weighted by molar-refractivity contribution is 7.89. The zero-order valence-electron chi connectivity index (χ0n) is 11.6. The summed E-state index contributed by atoms with van der Waals surface area (Å²) in [6.07, 6.45) is 0.353. The van der Waals surface area contributed by atoms with Crippen molar-refractivity contribution in [2.24, 2.45) is 5.92 Å². The van der Waals surface area contributed by atoms with Gasteiger partial charge in [-0.1, -0.05) is 13.8 Å². The van der Waals surface area contributed by atoms with Gasteiger partial charge in [0.05, 0.1) is 11.5 Å². The van der Waals surface area contributed by atoms with Gasteiger partial charge in [-0.05, 0) is 18.4 Å². The SMILES string of the molecule is CC(C)CC(CO)NS(=O)(=O)c1cc([N+](=O)[O-])ccc1F. The van der Waals surface area contributed by atoms with Crippen LogP contribution < -0.4 is 4.72 Å². The van der Waals surface area contributed by atoms with Crippen LogP contribution in [0.2, 0.25) is 0 Å². The first-order valence-electron chi connectivity index (χ1n) is 6.24. The summed E-state index contributed by atoms with van der Waals surface area (Å²) in [6.45, 7) is 3.23. The minimum Gasteiger partial charge on any atom is -0.395 e. The molecule has 0 aliphatic heterocycles. The van der Waals surface area contributed by atoms with E-state index in [0.717, 1.165) is 12.1 Å². The summed E-state index contributed by atoms with van der Waals surface area (Å²) in [4.78, 5) is 9.03. The maximum atomic E-state index is 13.6. The van der Waals surface area contributed by atoms with Crippen LogP contribution in [0.1, 0.15) is 20.3 Å². The lowest BCUT2D eigenvalue weighted by Crippen LogP contribution is -2.38. The second-order valence-corrected chi connectivity index (χ2v) is 6.68. The van der Waals surface area contributed by atoms with Gasteiger partial charge in [-0.15, -0.1) is 0 Å². The lowest BCUT2D eigenvalue weighted by molar-refractivity contribution is -0.385. The second kappa shape index (κ2) is 6.92. The molecule has 0 bridgehead atoms. The number of non-ortho nitro benzene ring substituents is 1. The molecule has 1 atom stereocenters. The fourth-order valence-corrected chi connectivity index (χ4v) is 3.16. The monoisotopic (exact) mass is 320 g/mol. The van der Waals surface area contributed by atoms with E-state index in [1.54, 1.807) is 0 Å². The quantitative estimate of drug-likeness (QED) is 0.583. The average Bonchev–Trinajstić information content (AvgIpc) is 2.36. The largest absolute Gasteiger partial charge is 0.395 e. The Morgan fingerprint density at radius 3 is 2.52 bits per heavy atom. The molecule has 118 valence electrons. The number of rotatable bonds is 7. The van der Waals surface area contributed by atoms with E-state index in [1.165, 1.54) is 0 Å². The fraction of sp³-hybridized carbons (Fsp3) is 0.500. The van der Waals surface area contributed by atoms with E-state index in [-0.39, 0.29) is 5.92 Å². The minimum absolute atomic E-state index is 0.111. The molecule has 7 nitrogen and oxygen atoms in total. The first kappa shape index (κ1) is 17.5. The van der Waals surface area contributed by atoms with Crippen LogP contribution >= 0.6 is 0 Å². The van der Waals surface area contributed by atoms with E-state index in [4.69, 9.17) is 5.11 Å². The van der Waals surface area contributed by atoms with E-state index in [0.29, 0.717) is 12.5 Å². The van der Waals surface area contributed by atoms with Gasteiger partial charge in [0, 0.05) is 18.2 Å². The number of nitrogens with one attached hydrogen (secondary N) is 1. The highest BCUT2D eigenvalue weighted by Gasteiger charge is 2.25. The van der Waals surface area contributed by atoms with Crippen molar-refractivity contribution in [3.63, 3.8) is 0 Å². The van der Waals surface area contributed by atoms with Crippen LogP contribution in [-0.2, 0) is 10.0 Å². The maximum Gasteiger partial charge on any atom is 0.270 e. The van der Waals surface area contributed by atoms with Gasteiger partial charge in [0.2, 0.25) is 10.0 Å². The minimum atomic E-state index is -4.29. The summed E-state index contributed by atoms with van der Waals surface area (Å²) < 4.78 is 40.0. The van der Waals surface area contributed by atoms with Gasteiger partial charge < -0.3 is 5.11 Å². The summed E-state index contributed by atoms with van der Waals surface area (Å²) in [5, 5.41) is 19.8. The first-order chi connectivity index (χ1) is 9.67. The molecule has 0 aliphatic rings. The fourth-order valence-electron chi connectivity index (χ4n) is 1.82. The van der Waals surface area contributed by atoms with Crippen molar-refractivity contribution in [3.05, 3.63) is 34.1 Å². The molecule has 1 aromatic carbocycles. The summed E-state index contributed by atoms with van der Waals surface area (Å²) in [7, 11) is -4.29. The van der Waals surface area contributed by atoms with Crippen LogP contribution in [0.4, 0.5) is 10.1 Å². The van der Waals surface area contributed by atoms with Crippen LogP contribution in [0.15, 0.2) is 23.1 Å². The lowest BCUT2D eigenvalue weighted by atomic mass is 10.1. The summed E-state index contributed by atoms with van der Waals surface area (Å²) in [5.41, 5.74) is -0.527. The Labute approximate surface area is 122 Å². The van der Waals surface area contributed by atoms with Gasteiger partial charge in [0.25, 0.3) is 5.69 Å². The van der Waals surface area contributed by atoms with Crippen LogP contribution in [0.3, 0.4) is 0 Å². The number of hydrogen-bond acceptors (Lipinski definition) is 5. The molecule has 2 N–H and O–H groups in total. The Morgan fingerprint density at radius 2 is 2.05 bits per heavy atom. The van der Waals surface area contributed by atoms with Crippen molar-refractivity contribution in [1.29, 1.82) is 0 Å². The van der Waals surface area contributed by atoms with E-state index < -0.39 is 44.0 Å². The topological polar surface area (TPSA) is 110 Å². The number of nitrogens with zero attached hydrogens (tertiary/aromatic N) is 1. The third-order valence-electron chi connectivity index (χ3n) is 2.71. The van der Waals surface area contributed by atoms with E-state index in [9.17, 15) is 22.9 Å². The molecule has 0 spiro atoms. The zero-order chi connectivity index (χ0) is 16.2. The summed E-state index contributed by atoms with van der Waals surface area (Å²) in [5.74, 6) is -0.978. The molecular formula is C12H17FN2O5S. The predicted molar refractivity (Wildman–Crippen MR) is 73.7 cm³/mol. The van der Waals surface area contributed by atoms with E-state index in [1.807, 2.05) is 13.8 Å². The molecule has 0 amide bonds. The van der Waals surface area contributed by atoms with Crippen molar-refractivity contribution < 1.29 is 22.8 Å². The third kappa shape index (κ3) is 4.73. The van der Waals surface area contributed by atoms with Gasteiger partial charge in [0.15, 0.2) is 0 Å². The third-order valence-corrected chi connectivity index (χ3v) is 4.25. The number of aliphatic hydroxyl groups is 1. The van der Waals surface area contributed by atoms with Gasteiger partial charge >= 0.3 is 0 Å². The molecule has 1 unspecified atom stereocenters. The summed E-state index contributed by atoms with van der Waals surface area (Å²) in [6, 6.07) is 1.48. The van der Waals surface area contributed by atoms with Crippen LogP contribution in [-0.4, -0.2) is 31.1 Å². The van der Waals surface area contributed by atoms with Crippen LogP contribution in [0, 0.1) is 21.8 Å². The summed E-state index contributed by atoms with van der Waals surface area (Å²) >= 11 is 0. The predicted octanol–water partition coefficient (Wildman–Crippen LogP) is 1.42. The molecule has 0 fully saturated rings. The van der Waals surface area contributed by atoms with Crippen molar-refractivity contribution in [3.8, 4) is 0 Å². The first-order valence-corrected chi connectivity index (χ1v) is 7.72. The molecule has 0 radical (unpaired) electrons. The molecule has 1 rings (SSSR count). The number of aliphatic hydroxyl groups excluding tert-OH is 1. The molecule has 0 aromatic heterocycles. The zero-order valence-corrected chi connectivity index (χ0v) is 12.4. The van der Waals surface area contributed by atoms with Gasteiger partial charge in [-0.25, -0.2) is 17.5 Å². The van der Waals surface area contributed by atoms with Gasteiger partial charge in [0.1, 0.15) is 10.7 Å². The molecule has 1 aromatic rings. The highest BCUT2D eigenvalue weighted by Crippen LogP contribution is 2.21. The Hall–Kier alpha value is -1.58. The maximum absolute atomic E-state index is 13.6. The second-order valence-electron chi connectivity index (χ2n) is 5.00. The lowest BCUT2D eigenvalue weighted by Gasteiger charge is -2.18. The van der Waals surface area contributed by atoms with Crippen molar-refractivity contribution in [1.82, 2.24) is 4.72 Å². The Bertz CT molecular complexity index is 618. The number of nitro benzene ring substituents is 1. The van der Waals surface area contributed by atoms with Crippen LogP contribution in [0.25, 0.3) is 0 Å². The van der Waals surface area contributed by atoms with Crippen molar-refractivity contribution in [2.45, 2.75) is 31.2 Å².